The van der Waals surface area contributed by atoms with Gasteiger partial charge in [0.1, 0.15) is 0 Å². The van der Waals surface area contributed by atoms with Crippen LogP contribution in [-0.2, 0) is 14.2 Å². The summed E-state index contributed by atoms with van der Waals surface area (Å²) in [5.74, 6) is 1.63. The summed E-state index contributed by atoms with van der Waals surface area (Å²) in [6, 6.07) is 21.5. The molecule has 260 valence electrons. The van der Waals surface area contributed by atoms with Gasteiger partial charge in [-0.3, -0.25) is 0 Å². The Kier molecular flexibility index (Phi) is 23.4. The molecule has 0 spiro atoms. The Hall–Kier alpha value is -1.67. The fourth-order valence-electron chi connectivity index (χ4n) is 5.71. The molecule has 3 aliphatic rings. The van der Waals surface area contributed by atoms with Crippen LogP contribution < -0.4 is 37.7 Å². The molecule has 0 unspecified atom stereocenters. The van der Waals surface area contributed by atoms with Crippen LogP contribution in [0.4, 0.5) is 22.7 Å². The van der Waals surface area contributed by atoms with Gasteiger partial charge in [0.15, 0.2) is 0 Å². The van der Waals surface area contributed by atoms with Crippen LogP contribution in [0.15, 0.2) is 60.7 Å². The number of ether oxygens (including phenoxy) is 3. The van der Waals surface area contributed by atoms with Gasteiger partial charge < -0.3 is 24.8 Å². The molecule has 6 rings (SSSR count). The minimum atomic E-state index is 0. The molecule has 3 aliphatic heterocycles. The van der Waals surface area contributed by atoms with E-state index in [1.165, 1.54) is 60.8 Å². The first-order valence-electron chi connectivity index (χ1n) is 18.2. The summed E-state index contributed by atoms with van der Waals surface area (Å²) in [6.07, 6.45) is 7.67. The average molecular weight is 657 g/mol. The zero-order chi connectivity index (χ0) is 34.0. The van der Waals surface area contributed by atoms with E-state index in [0.29, 0.717) is 23.7 Å². The minimum absolute atomic E-state index is 0. The molecule has 3 fully saturated rings. The summed E-state index contributed by atoms with van der Waals surface area (Å²) in [5, 5.41) is 10.5. The van der Waals surface area contributed by atoms with Crippen molar-refractivity contribution in [2.24, 2.45) is 0 Å². The first-order chi connectivity index (χ1) is 22.7. The van der Waals surface area contributed by atoms with Crippen LogP contribution in [0.3, 0.4) is 0 Å². The van der Waals surface area contributed by atoms with Gasteiger partial charge in [-0.25, -0.2) is 0 Å². The Morgan fingerprint density at radius 1 is 0.388 bits per heavy atom. The van der Waals surface area contributed by atoms with Crippen LogP contribution in [-0.4, -0.2) is 39.6 Å². The Bertz CT molecular complexity index is 1120. The normalized spacial score (nSPS) is 14.9. The molecule has 3 saturated heterocycles. The fraction of sp³-hybridized carbons (Fsp3) is 0.571. The molecule has 49 heavy (non-hydrogen) atoms. The van der Waals surface area contributed by atoms with Crippen LogP contribution in [0.2, 0.25) is 0 Å². The van der Waals surface area contributed by atoms with E-state index >= 15 is 0 Å². The van der Waals surface area contributed by atoms with Gasteiger partial charge in [-0.15, -0.1) is 11.4 Å². The van der Waals surface area contributed by atoms with Crippen molar-refractivity contribution in [3.63, 3.8) is 0 Å². The van der Waals surface area contributed by atoms with Gasteiger partial charge in [-0.1, -0.05) is 138 Å². The summed E-state index contributed by atoms with van der Waals surface area (Å²) in [4.78, 5) is 0. The third kappa shape index (κ3) is 15.6. The number of hydrogen-bond donors (Lipinski definition) is 0. The first kappa shape index (κ1) is 45.4. The van der Waals surface area contributed by atoms with Gasteiger partial charge in [0, 0.05) is 39.6 Å². The second-order valence-corrected chi connectivity index (χ2v) is 13.9. The van der Waals surface area contributed by atoms with Crippen molar-refractivity contribution in [1.82, 2.24) is 0 Å². The van der Waals surface area contributed by atoms with Gasteiger partial charge in [0.25, 0.3) is 0 Å². The van der Waals surface area contributed by atoms with Crippen LogP contribution in [0, 0.1) is 0 Å². The molecule has 3 heterocycles. The second kappa shape index (κ2) is 25.3. The van der Waals surface area contributed by atoms with Crippen LogP contribution in [0.25, 0.3) is 10.6 Å². The van der Waals surface area contributed by atoms with E-state index in [1.54, 1.807) is 0 Å². The predicted octanol–water partition coefficient (Wildman–Crippen LogP) is 7.25. The molecule has 0 radical (unpaired) electrons. The largest absolute Gasteiger partial charge is 1.00 e. The Morgan fingerprint density at radius 2 is 0.633 bits per heavy atom. The smallest absolute Gasteiger partial charge is 0.658 e. The van der Waals surface area contributed by atoms with Crippen molar-refractivity contribution in [2.75, 3.05) is 39.6 Å². The van der Waals surface area contributed by atoms with Crippen LogP contribution in [0.5, 0.6) is 0 Å². The SMILES string of the molecule is C1CCOC1.C1CCOC1.C1CCOC1.CC(C)c1cccc(C(C)C)c1[N-]c1ccccc1[N-]c1c(C(C)C)cccc1C(C)C.[Li+].[Li+]. The Labute approximate surface area is 323 Å². The van der Waals surface area contributed by atoms with Crippen LogP contribution >= 0.6 is 0 Å². The monoisotopic (exact) mass is 657 g/mol. The summed E-state index contributed by atoms with van der Waals surface area (Å²) < 4.78 is 14.8. The third-order valence-electron chi connectivity index (χ3n) is 8.51. The topological polar surface area (TPSA) is 55.9 Å². The molecule has 0 N–H and O–H groups in total. The van der Waals surface area contributed by atoms with E-state index in [-0.39, 0.29) is 37.7 Å². The zero-order valence-corrected chi connectivity index (χ0v) is 32.7. The summed E-state index contributed by atoms with van der Waals surface area (Å²) in [6.45, 7) is 23.9. The van der Waals surface area contributed by atoms with E-state index < -0.39 is 0 Å². The number of para-hydroxylation sites is 4. The van der Waals surface area contributed by atoms with E-state index in [2.05, 4.69) is 116 Å². The maximum atomic E-state index is 5.23. The number of nitrogens with zero attached hydrogens (tertiary/aromatic N) is 2. The summed E-state index contributed by atoms with van der Waals surface area (Å²) in [5.41, 5.74) is 9.20. The Balaban J connectivity index is 0.000000574. The number of benzene rings is 3. The van der Waals surface area contributed by atoms with Crippen molar-refractivity contribution in [3.8, 4) is 0 Å². The van der Waals surface area contributed by atoms with E-state index in [1.807, 2.05) is 0 Å². The standard InChI is InChI=1S/C30H38N2.3C4H8O.2Li/c1-19(2)23-13-11-14-24(20(3)4)29(23)31-27-17-9-10-18-28(27)32-30-25(21(5)6)15-12-16-26(30)22(7)8;3*1-2-4-5-3-1;;/h9-22H,1-8H3;3*1-4H2;;/q-2;;;;2*+1. The molecule has 0 bridgehead atoms. The molecule has 3 aromatic rings. The second-order valence-electron chi connectivity index (χ2n) is 13.9. The van der Waals surface area contributed by atoms with Gasteiger partial charge >= 0.3 is 37.7 Å². The quantitative estimate of drug-likeness (QED) is 0.240. The van der Waals surface area contributed by atoms with Crippen molar-refractivity contribution < 1.29 is 51.9 Å². The molecule has 3 aromatic carbocycles. The molecule has 0 saturated carbocycles. The maximum Gasteiger partial charge on any atom is 1.00 e. The van der Waals surface area contributed by atoms with Gasteiger partial charge in [0.2, 0.25) is 0 Å². The van der Waals surface area contributed by atoms with Crippen molar-refractivity contribution >= 4 is 22.7 Å². The minimum Gasteiger partial charge on any atom is -0.658 e. The Morgan fingerprint density at radius 3 is 0.816 bits per heavy atom. The molecule has 7 heteroatoms. The fourth-order valence-corrected chi connectivity index (χ4v) is 5.71. The molecule has 0 aliphatic carbocycles. The van der Waals surface area contributed by atoms with Gasteiger partial charge in [-0.05, 0) is 62.2 Å². The molecule has 0 aromatic heterocycles. The third-order valence-corrected chi connectivity index (χ3v) is 8.51. The molecular weight excluding hydrogens is 594 g/mol. The van der Waals surface area contributed by atoms with E-state index in [0.717, 1.165) is 62.4 Å². The van der Waals surface area contributed by atoms with Crippen LogP contribution in [0.1, 0.15) is 140 Å². The van der Waals surface area contributed by atoms with Gasteiger partial charge in [0.05, 0.1) is 0 Å². The predicted molar refractivity (Wildman–Crippen MR) is 201 cm³/mol. The molecule has 0 amide bonds. The van der Waals surface area contributed by atoms with Crippen molar-refractivity contribution in [1.29, 1.82) is 0 Å². The molecular formula is C42H62Li2N2O3. The molecule has 0 atom stereocenters. The van der Waals surface area contributed by atoms with Gasteiger partial charge in [-0.2, -0.15) is 11.4 Å². The van der Waals surface area contributed by atoms with Crippen molar-refractivity contribution in [3.05, 3.63) is 93.6 Å². The average Bonchev–Trinajstić information content (AvgIpc) is 3.89. The maximum absolute atomic E-state index is 5.23. The molecule has 5 nitrogen and oxygen atoms in total. The van der Waals surface area contributed by atoms with Crippen molar-refractivity contribution in [2.45, 2.75) is 118 Å². The van der Waals surface area contributed by atoms with E-state index in [9.17, 15) is 0 Å². The number of rotatable bonds is 8. The first-order valence-corrected chi connectivity index (χ1v) is 18.2. The van der Waals surface area contributed by atoms with E-state index in [4.69, 9.17) is 24.8 Å². The zero-order valence-electron chi connectivity index (χ0n) is 32.7. The summed E-state index contributed by atoms with van der Waals surface area (Å²) in [7, 11) is 0. The summed E-state index contributed by atoms with van der Waals surface area (Å²) >= 11 is 0. The number of hydrogen-bond acceptors (Lipinski definition) is 3.